The Morgan fingerprint density at radius 2 is 2.29 bits per heavy atom. The number of nitrogens with zero attached hydrogens (tertiary/aromatic N) is 1. The molecular formula is C11H19N3. The van der Waals surface area contributed by atoms with Crippen molar-refractivity contribution in [1.29, 1.82) is 0 Å². The third kappa shape index (κ3) is 1.91. The number of aryl methyl sites for hydroxylation is 1. The third-order valence-electron chi connectivity index (χ3n) is 2.88. The van der Waals surface area contributed by atoms with E-state index in [1.165, 1.54) is 43.4 Å². The Bertz CT molecular complexity index is 291. The summed E-state index contributed by atoms with van der Waals surface area (Å²) < 4.78 is 0. The van der Waals surface area contributed by atoms with Gasteiger partial charge in [-0.15, -0.1) is 0 Å². The van der Waals surface area contributed by atoms with Crippen molar-refractivity contribution in [2.24, 2.45) is 0 Å². The first-order valence-corrected chi connectivity index (χ1v) is 5.71. The molecular weight excluding hydrogens is 174 g/mol. The van der Waals surface area contributed by atoms with Crippen molar-refractivity contribution >= 4 is 5.82 Å². The molecule has 0 spiro atoms. The van der Waals surface area contributed by atoms with E-state index in [0.717, 1.165) is 18.8 Å². The first-order chi connectivity index (χ1) is 6.92. The molecule has 0 aromatic carbocycles. The van der Waals surface area contributed by atoms with Crippen LogP contribution in [-0.2, 0) is 12.8 Å². The largest absolute Gasteiger partial charge is 0.368 e. The molecule has 2 N–H and O–H groups in total. The van der Waals surface area contributed by atoms with Crippen LogP contribution < -0.4 is 5.32 Å². The minimum Gasteiger partial charge on any atom is -0.368 e. The lowest BCUT2D eigenvalue weighted by Gasteiger charge is -2.01. The van der Waals surface area contributed by atoms with Gasteiger partial charge in [-0.05, 0) is 32.1 Å². The second kappa shape index (κ2) is 4.49. The van der Waals surface area contributed by atoms with Gasteiger partial charge in [0.05, 0.1) is 0 Å². The van der Waals surface area contributed by atoms with Crippen LogP contribution in [0.1, 0.15) is 43.9 Å². The van der Waals surface area contributed by atoms with E-state index in [2.05, 4.69) is 22.4 Å². The lowest BCUT2D eigenvalue weighted by atomic mass is 10.1. The molecule has 0 fully saturated rings. The summed E-state index contributed by atoms with van der Waals surface area (Å²) in [5.41, 5.74) is 2.80. The molecule has 0 aliphatic carbocycles. The summed E-state index contributed by atoms with van der Waals surface area (Å²) in [6.45, 7) is 3.30. The Kier molecular flexibility index (Phi) is 3.07. The van der Waals surface area contributed by atoms with Crippen molar-refractivity contribution in [3.8, 4) is 0 Å². The zero-order chi connectivity index (χ0) is 9.80. The highest BCUT2D eigenvalue weighted by Crippen LogP contribution is 2.23. The Hall–Kier alpha value is -0.990. The van der Waals surface area contributed by atoms with Crippen LogP contribution in [-0.4, -0.2) is 16.7 Å². The maximum atomic E-state index is 4.33. The Labute approximate surface area is 85.3 Å². The van der Waals surface area contributed by atoms with Crippen molar-refractivity contribution in [2.75, 3.05) is 11.9 Å². The second-order valence-corrected chi connectivity index (χ2v) is 4.02. The molecule has 3 nitrogen and oxygen atoms in total. The number of H-pyrrole nitrogens is 1. The zero-order valence-corrected chi connectivity index (χ0v) is 8.90. The van der Waals surface area contributed by atoms with Crippen molar-refractivity contribution in [3.63, 3.8) is 0 Å². The van der Waals surface area contributed by atoms with Crippen molar-refractivity contribution in [2.45, 2.75) is 45.4 Å². The average molecular weight is 193 g/mol. The standard InChI is InChI=1S/C11H19N3/c1-2-3-7-10-9-6-4-5-8-12-11(9)14-13-10/h2-8H2,1H3,(H2,12,13,14). The van der Waals surface area contributed by atoms with Crippen LogP contribution in [0.25, 0.3) is 0 Å². The number of hydrogen-bond acceptors (Lipinski definition) is 2. The maximum Gasteiger partial charge on any atom is 0.151 e. The molecule has 0 unspecified atom stereocenters. The fourth-order valence-corrected chi connectivity index (χ4v) is 2.01. The number of aromatic amines is 1. The Morgan fingerprint density at radius 1 is 1.36 bits per heavy atom. The van der Waals surface area contributed by atoms with E-state index < -0.39 is 0 Å². The highest BCUT2D eigenvalue weighted by molar-refractivity contribution is 5.47. The van der Waals surface area contributed by atoms with E-state index in [9.17, 15) is 0 Å². The molecule has 0 radical (unpaired) electrons. The van der Waals surface area contributed by atoms with Crippen molar-refractivity contribution in [1.82, 2.24) is 10.2 Å². The predicted molar refractivity (Wildman–Crippen MR) is 58.6 cm³/mol. The molecule has 1 aliphatic heterocycles. The third-order valence-corrected chi connectivity index (χ3v) is 2.88. The Morgan fingerprint density at radius 3 is 3.14 bits per heavy atom. The van der Waals surface area contributed by atoms with Crippen molar-refractivity contribution in [3.05, 3.63) is 11.3 Å². The molecule has 0 saturated heterocycles. The summed E-state index contributed by atoms with van der Waals surface area (Å²) >= 11 is 0. The summed E-state index contributed by atoms with van der Waals surface area (Å²) in [5.74, 6) is 1.11. The van der Waals surface area contributed by atoms with Gasteiger partial charge in [-0.3, -0.25) is 5.10 Å². The van der Waals surface area contributed by atoms with Crippen LogP contribution in [0.3, 0.4) is 0 Å². The molecule has 1 aromatic heterocycles. The van der Waals surface area contributed by atoms with E-state index in [0.29, 0.717) is 0 Å². The van der Waals surface area contributed by atoms with Crippen LogP contribution in [0.15, 0.2) is 0 Å². The van der Waals surface area contributed by atoms with Gasteiger partial charge in [0, 0.05) is 17.8 Å². The van der Waals surface area contributed by atoms with E-state index >= 15 is 0 Å². The molecule has 78 valence electrons. The molecule has 1 aliphatic rings. The molecule has 0 atom stereocenters. The van der Waals surface area contributed by atoms with Gasteiger partial charge in [0.15, 0.2) is 5.82 Å². The van der Waals surface area contributed by atoms with Gasteiger partial charge in [-0.1, -0.05) is 13.3 Å². The van der Waals surface area contributed by atoms with Gasteiger partial charge >= 0.3 is 0 Å². The molecule has 2 rings (SSSR count). The molecule has 14 heavy (non-hydrogen) atoms. The molecule has 3 heteroatoms. The topological polar surface area (TPSA) is 40.7 Å². The van der Waals surface area contributed by atoms with E-state index in [1.54, 1.807) is 0 Å². The van der Waals surface area contributed by atoms with Gasteiger partial charge in [0.2, 0.25) is 0 Å². The summed E-state index contributed by atoms with van der Waals surface area (Å²) in [4.78, 5) is 0. The average Bonchev–Trinajstić information content (AvgIpc) is 2.45. The summed E-state index contributed by atoms with van der Waals surface area (Å²) in [5, 5.41) is 10.9. The summed E-state index contributed by atoms with van der Waals surface area (Å²) in [6, 6.07) is 0. The molecule has 2 heterocycles. The number of unbranched alkanes of at least 4 members (excludes halogenated alkanes) is 1. The highest BCUT2D eigenvalue weighted by Gasteiger charge is 2.14. The monoisotopic (exact) mass is 193 g/mol. The van der Waals surface area contributed by atoms with E-state index in [-0.39, 0.29) is 0 Å². The van der Waals surface area contributed by atoms with Crippen LogP contribution in [0.2, 0.25) is 0 Å². The first-order valence-electron chi connectivity index (χ1n) is 5.71. The fourth-order valence-electron chi connectivity index (χ4n) is 2.01. The van der Waals surface area contributed by atoms with Crippen LogP contribution >= 0.6 is 0 Å². The van der Waals surface area contributed by atoms with Crippen LogP contribution in [0.5, 0.6) is 0 Å². The molecule has 1 aromatic rings. The SMILES string of the molecule is CCCCc1[nH]nc2c1CCCCN2. The fraction of sp³-hybridized carbons (Fsp3) is 0.727. The smallest absolute Gasteiger partial charge is 0.151 e. The molecule has 0 bridgehead atoms. The second-order valence-electron chi connectivity index (χ2n) is 4.02. The zero-order valence-electron chi connectivity index (χ0n) is 8.90. The van der Waals surface area contributed by atoms with E-state index in [1.807, 2.05) is 0 Å². The molecule has 0 saturated carbocycles. The maximum absolute atomic E-state index is 4.33. The Balaban J connectivity index is 2.12. The number of nitrogens with one attached hydrogen (secondary N) is 2. The normalized spacial score (nSPS) is 15.8. The predicted octanol–water partition coefficient (Wildman–Crippen LogP) is 2.50. The first kappa shape index (κ1) is 9.56. The van der Waals surface area contributed by atoms with Crippen molar-refractivity contribution < 1.29 is 0 Å². The number of anilines is 1. The summed E-state index contributed by atoms with van der Waals surface area (Å²) in [6.07, 6.45) is 7.41. The van der Waals surface area contributed by atoms with Crippen LogP contribution in [0, 0.1) is 0 Å². The number of hydrogen-bond donors (Lipinski definition) is 2. The van der Waals surface area contributed by atoms with Gasteiger partial charge in [-0.25, -0.2) is 0 Å². The minimum atomic E-state index is 1.07. The highest BCUT2D eigenvalue weighted by atomic mass is 15.2. The van der Waals surface area contributed by atoms with Crippen LogP contribution in [0.4, 0.5) is 5.82 Å². The number of rotatable bonds is 3. The number of fused-ring (bicyclic) bond motifs is 1. The summed E-state index contributed by atoms with van der Waals surface area (Å²) in [7, 11) is 0. The van der Waals surface area contributed by atoms with Gasteiger partial charge in [-0.2, -0.15) is 5.10 Å². The quantitative estimate of drug-likeness (QED) is 0.774. The molecule has 0 amide bonds. The van der Waals surface area contributed by atoms with Gasteiger partial charge < -0.3 is 5.32 Å². The minimum absolute atomic E-state index is 1.07. The van der Waals surface area contributed by atoms with Gasteiger partial charge in [0.1, 0.15) is 0 Å². The lowest BCUT2D eigenvalue weighted by molar-refractivity contribution is 0.741. The number of aromatic nitrogens is 2. The van der Waals surface area contributed by atoms with E-state index in [4.69, 9.17) is 0 Å². The van der Waals surface area contributed by atoms with Gasteiger partial charge in [0.25, 0.3) is 0 Å². The lowest BCUT2D eigenvalue weighted by Crippen LogP contribution is -1.99.